The van der Waals surface area contributed by atoms with Crippen LogP contribution in [0.1, 0.15) is 29.2 Å². The Balaban J connectivity index is 1.23. The molecule has 35 heavy (non-hydrogen) atoms. The number of fused-ring (bicyclic) bond motifs is 1. The van der Waals surface area contributed by atoms with Gasteiger partial charge >= 0.3 is 0 Å². The number of aromatic nitrogens is 4. The van der Waals surface area contributed by atoms with Gasteiger partial charge in [0.2, 0.25) is 5.91 Å². The molecule has 5 aromatic rings. The number of imidazole rings is 1. The zero-order chi connectivity index (χ0) is 24.2. The molecule has 2 aromatic heterocycles. The third-order valence-corrected chi connectivity index (χ3v) is 6.17. The highest BCUT2D eigenvalue weighted by molar-refractivity contribution is 5.90. The van der Waals surface area contributed by atoms with Crippen molar-refractivity contribution in [2.24, 2.45) is 0 Å². The van der Waals surface area contributed by atoms with Crippen LogP contribution in [0.5, 0.6) is 0 Å². The van der Waals surface area contributed by atoms with Gasteiger partial charge in [0.15, 0.2) is 0 Å². The van der Waals surface area contributed by atoms with Crippen LogP contribution in [-0.4, -0.2) is 25.2 Å². The van der Waals surface area contributed by atoms with Crippen LogP contribution in [0, 0.1) is 13.8 Å². The average Bonchev–Trinajstić information content (AvgIpc) is 3.41. The molecule has 0 aliphatic carbocycles. The van der Waals surface area contributed by atoms with Crippen LogP contribution < -0.4 is 5.32 Å². The van der Waals surface area contributed by atoms with Gasteiger partial charge in [0.25, 0.3) is 0 Å². The Morgan fingerprint density at radius 3 is 2.37 bits per heavy atom. The second-order valence-corrected chi connectivity index (χ2v) is 8.83. The van der Waals surface area contributed by atoms with E-state index in [0.29, 0.717) is 13.0 Å². The summed E-state index contributed by atoms with van der Waals surface area (Å²) < 4.78 is 4.12. The maximum absolute atomic E-state index is 12.4. The molecule has 0 bridgehead atoms. The van der Waals surface area contributed by atoms with Gasteiger partial charge in [0.05, 0.1) is 16.7 Å². The number of hydrogen-bond acceptors (Lipinski definition) is 3. The first-order valence-electron chi connectivity index (χ1n) is 12.0. The fraction of sp³-hybridized carbons (Fsp3) is 0.207. The maximum Gasteiger partial charge on any atom is 0.226 e. The Kier molecular flexibility index (Phi) is 6.44. The molecule has 6 heteroatoms. The zero-order valence-electron chi connectivity index (χ0n) is 20.1. The molecular formula is C29H29N5O. The third kappa shape index (κ3) is 5.17. The summed E-state index contributed by atoms with van der Waals surface area (Å²) in [4.78, 5) is 17.3. The Bertz CT molecular complexity index is 1450. The van der Waals surface area contributed by atoms with Crippen molar-refractivity contribution in [3.05, 3.63) is 108 Å². The standard InChI is InChI=1S/C29H29N5O/c1-21-20-22(2)33(32-21)19-18-29(35)30-24-15-12-23(13-16-24)14-17-28-31-26-10-6-7-11-27(26)34(28)25-8-4-3-5-9-25/h3-13,15-16,20H,14,17-19H2,1-2H3,(H,30,35). The van der Waals surface area contributed by atoms with Crippen molar-refractivity contribution >= 4 is 22.6 Å². The van der Waals surface area contributed by atoms with E-state index in [0.717, 1.165) is 52.5 Å². The molecule has 0 atom stereocenters. The van der Waals surface area contributed by atoms with Crippen LogP contribution in [0.3, 0.4) is 0 Å². The number of aryl methyl sites for hydroxylation is 5. The maximum atomic E-state index is 12.4. The predicted molar refractivity (Wildman–Crippen MR) is 140 cm³/mol. The lowest BCUT2D eigenvalue weighted by Crippen LogP contribution is -2.15. The lowest BCUT2D eigenvalue weighted by Gasteiger charge is -2.10. The van der Waals surface area contributed by atoms with Gasteiger partial charge in [-0.25, -0.2) is 4.98 Å². The van der Waals surface area contributed by atoms with E-state index in [1.54, 1.807) is 0 Å². The number of anilines is 1. The molecule has 0 spiro atoms. The first-order chi connectivity index (χ1) is 17.1. The minimum Gasteiger partial charge on any atom is -0.326 e. The van der Waals surface area contributed by atoms with E-state index in [4.69, 9.17) is 4.98 Å². The van der Waals surface area contributed by atoms with Crippen LogP contribution in [0.4, 0.5) is 5.69 Å². The minimum atomic E-state index is -0.0121. The number of para-hydroxylation sites is 3. The number of carbonyl (C=O) groups is 1. The summed E-state index contributed by atoms with van der Waals surface area (Å²) in [5.41, 5.74) is 7.30. The van der Waals surface area contributed by atoms with Crippen molar-refractivity contribution in [2.75, 3.05) is 5.32 Å². The van der Waals surface area contributed by atoms with E-state index in [1.165, 1.54) is 5.56 Å². The summed E-state index contributed by atoms with van der Waals surface area (Å²) in [7, 11) is 0. The van der Waals surface area contributed by atoms with Crippen molar-refractivity contribution in [3.8, 4) is 5.69 Å². The monoisotopic (exact) mass is 463 g/mol. The molecule has 0 aliphatic rings. The average molecular weight is 464 g/mol. The molecule has 176 valence electrons. The van der Waals surface area contributed by atoms with E-state index in [-0.39, 0.29) is 5.91 Å². The Morgan fingerprint density at radius 1 is 0.886 bits per heavy atom. The Morgan fingerprint density at radius 2 is 1.63 bits per heavy atom. The number of carbonyl (C=O) groups excluding carboxylic acids is 1. The Labute approximate surface area is 205 Å². The molecule has 0 aliphatic heterocycles. The molecule has 0 saturated heterocycles. The van der Waals surface area contributed by atoms with E-state index in [9.17, 15) is 4.79 Å². The number of hydrogen-bond donors (Lipinski definition) is 1. The molecule has 0 fully saturated rings. The van der Waals surface area contributed by atoms with Gasteiger partial charge in [0.1, 0.15) is 5.82 Å². The lowest BCUT2D eigenvalue weighted by molar-refractivity contribution is -0.116. The molecule has 6 nitrogen and oxygen atoms in total. The van der Waals surface area contributed by atoms with Gasteiger partial charge in [-0.3, -0.25) is 14.0 Å². The number of rotatable bonds is 8. The highest BCUT2D eigenvalue weighted by atomic mass is 16.1. The minimum absolute atomic E-state index is 0.0121. The smallest absolute Gasteiger partial charge is 0.226 e. The largest absolute Gasteiger partial charge is 0.326 e. The van der Waals surface area contributed by atoms with Crippen molar-refractivity contribution in [2.45, 2.75) is 39.7 Å². The van der Waals surface area contributed by atoms with E-state index >= 15 is 0 Å². The van der Waals surface area contributed by atoms with Crippen LogP contribution in [0.15, 0.2) is 84.9 Å². The molecular weight excluding hydrogens is 434 g/mol. The quantitative estimate of drug-likeness (QED) is 0.323. The van der Waals surface area contributed by atoms with Gasteiger partial charge in [-0.05, 0) is 68.3 Å². The number of amides is 1. The predicted octanol–water partition coefficient (Wildman–Crippen LogP) is 5.65. The second kappa shape index (κ2) is 9.97. The molecule has 0 saturated carbocycles. The van der Waals surface area contributed by atoms with E-state index in [2.05, 4.69) is 69.6 Å². The normalized spacial score (nSPS) is 11.1. The number of nitrogens with zero attached hydrogens (tertiary/aromatic N) is 4. The van der Waals surface area contributed by atoms with Gasteiger partial charge in [0, 0.05) is 36.5 Å². The molecule has 0 unspecified atom stereocenters. The van der Waals surface area contributed by atoms with Crippen LogP contribution in [0.2, 0.25) is 0 Å². The van der Waals surface area contributed by atoms with Crippen molar-refractivity contribution in [1.29, 1.82) is 0 Å². The number of benzene rings is 3. The topological polar surface area (TPSA) is 64.7 Å². The summed E-state index contributed by atoms with van der Waals surface area (Å²) in [6.45, 7) is 4.54. The summed E-state index contributed by atoms with van der Waals surface area (Å²) >= 11 is 0. The third-order valence-electron chi connectivity index (χ3n) is 6.17. The summed E-state index contributed by atoms with van der Waals surface area (Å²) in [5.74, 6) is 1.03. The van der Waals surface area contributed by atoms with Gasteiger partial charge in [-0.1, -0.05) is 42.5 Å². The first-order valence-corrected chi connectivity index (χ1v) is 12.0. The van der Waals surface area contributed by atoms with Gasteiger partial charge in [-0.2, -0.15) is 5.10 Å². The fourth-order valence-corrected chi connectivity index (χ4v) is 4.45. The Hall–Kier alpha value is -4.19. The molecule has 0 radical (unpaired) electrons. The first kappa shape index (κ1) is 22.6. The van der Waals surface area contributed by atoms with Crippen LogP contribution in [0.25, 0.3) is 16.7 Å². The van der Waals surface area contributed by atoms with Gasteiger partial charge < -0.3 is 5.32 Å². The molecule has 1 amide bonds. The van der Waals surface area contributed by atoms with Crippen molar-refractivity contribution in [1.82, 2.24) is 19.3 Å². The van der Waals surface area contributed by atoms with E-state index in [1.807, 2.05) is 48.9 Å². The molecule has 3 aromatic carbocycles. The SMILES string of the molecule is Cc1cc(C)n(CCC(=O)Nc2ccc(CCc3nc4ccccc4n3-c3ccccc3)cc2)n1. The summed E-state index contributed by atoms with van der Waals surface area (Å²) in [6, 6.07) is 28.7. The van der Waals surface area contributed by atoms with Gasteiger partial charge in [-0.15, -0.1) is 0 Å². The molecule has 2 heterocycles. The van der Waals surface area contributed by atoms with Crippen LogP contribution in [-0.2, 0) is 24.2 Å². The van der Waals surface area contributed by atoms with Crippen LogP contribution >= 0.6 is 0 Å². The van der Waals surface area contributed by atoms with Crippen molar-refractivity contribution in [3.63, 3.8) is 0 Å². The molecule has 5 rings (SSSR count). The van der Waals surface area contributed by atoms with Crippen molar-refractivity contribution < 1.29 is 4.79 Å². The summed E-state index contributed by atoms with van der Waals surface area (Å²) in [5, 5.41) is 7.41. The molecule has 1 N–H and O–H groups in total. The second-order valence-electron chi connectivity index (χ2n) is 8.83. The van der Waals surface area contributed by atoms with E-state index < -0.39 is 0 Å². The highest BCUT2D eigenvalue weighted by Gasteiger charge is 2.12. The zero-order valence-corrected chi connectivity index (χ0v) is 20.1. The number of nitrogens with one attached hydrogen (secondary N) is 1. The lowest BCUT2D eigenvalue weighted by atomic mass is 10.1. The summed E-state index contributed by atoms with van der Waals surface area (Å²) in [6.07, 6.45) is 2.07. The highest BCUT2D eigenvalue weighted by Crippen LogP contribution is 2.23. The fourth-order valence-electron chi connectivity index (χ4n) is 4.45.